The van der Waals surface area contributed by atoms with Crippen LogP contribution in [0.1, 0.15) is 24.9 Å². The van der Waals surface area contributed by atoms with Crippen molar-refractivity contribution in [2.75, 3.05) is 5.32 Å². The largest absolute Gasteiger partial charge is 0.424 e. The topological polar surface area (TPSA) is 38.1 Å². The fraction of sp³-hybridized carbons (Fsp3) is 0.188. The number of aromatic nitrogens is 1. The summed E-state index contributed by atoms with van der Waals surface area (Å²) in [7, 11) is 0. The smallest absolute Gasteiger partial charge is 0.296 e. The van der Waals surface area contributed by atoms with Gasteiger partial charge in [0.1, 0.15) is 5.52 Å². The highest BCUT2D eigenvalue weighted by Gasteiger charge is 2.12. The molecule has 0 spiro atoms. The van der Waals surface area contributed by atoms with Crippen LogP contribution in [0.2, 0.25) is 0 Å². The molecule has 3 heteroatoms. The molecule has 19 heavy (non-hydrogen) atoms. The molecule has 1 unspecified atom stereocenters. The van der Waals surface area contributed by atoms with E-state index < -0.39 is 0 Å². The van der Waals surface area contributed by atoms with Crippen molar-refractivity contribution in [1.29, 1.82) is 0 Å². The molecule has 0 aliphatic carbocycles. The molecule has 3 aromatic rings. The summed E-state index contributed by atoms with van der Waals surface area (Å²) >= 11 is 0. The van der Waals surface area contributed by atoms with Crippen LogP contribution in [0.5, 0.6) is 0 Å². The summed E-state index contributed by atoms with van der Waals surface area (Å²) in [6.07, 6.45) is 0.975. The van der Waals surface area contributed by atoms with Gasteiger partial charge in [0.25, 0.3) is 6.01 Å². The van der Waals surface area contributed by atoms with E-state index >= 15 is 0 Å². The number of oxazole rings is 1. The zero-order valence-electron chi connectivity index (χ0n) is 10.8. The summed E-state index contributed by atoms with van der Waals surface area (Å²) in [5.41, 5.74) is 2.94. The normalized spacial score (nSPS) is 12.5. The third-order valence-corrected chi connectivity index (χ3v) is 3.20. The highest BCUT2D eigenvalue weighted by Crippen LogP contribution is 2.24. The Kier molecular flexibility index (Phi) is 3.19. The molecule has 1 atom stereocenters. The Morgan fingerprint density at radius 1 is 1.05 bits per heavy atom. The first-order valence-corrected chi connectivity index (χ1v) is 6.54. The van der Waals surface area contributed by atoms with Crippen LogP contribution in [0, 0.1) is 0 Å². The summed E-state index contributed by atoms with van der Waals surface area (Å²) in [5.74, 6) is 0. The van der Waals surface area contributed by atoms with Gasteiger partial charge in [0, 0.05) is 0 Å². The van der Waals surface area contributed by atoms with Crippen LogP contribution < -0.4 is 5.32 Å². The Hall–Kier alpha value is -2.29. The molecular formula is C16H16N2O. The van der Waals surface area contributed by atoms with E-state index in [9.17, 15) is 0 Å². The van der Waals surface area contributed by atoms with Crippen LogP contribution in [-0.4, -0.2) is 4.98 Å². The fourth-order valence-corrected chi connectivity index (χ4v) is 2.19. The van der Waals surface area contributed by atoms with E-state index in [1.807, 2.05) is 42.5 Å². The Balaban J connectivity index is 1.86. The second-order valence-corrected chi connectivity index (χ2v) is 4.50. The van der Waals surface area contributed by atoms with Gasteiger partial charge in [-0.15, -0.1) is 0 Å². The first kappa shape index (κ1) is 11.8. The van der Waals surface area contributed by atoms with Gasteiger partial charge < -0.3 is 9.73 Å². The molecule has 2 aromatic carbocycles. The average Bonchev–Trinajstić information content (AvgIpc) is 2.88. The summed E-state index contributed by atoms with van der Waals surface area (Å²) in [6.45, 7) is 2.15. The second-order valence-electron chi connectivity index (χ2n) is 4.50. The van der Waals surface area contributed by atoms with Gasteiger partial charge in [-0.3, -0.25) is 0 Å². The van der Waals surface area contributed by atoms with Crippen LogP contribution in [0.3, 0.4) is 0 Å². The van der Waals surface area contributed by atoms with Crippen LogP contribution in [-0.2, 0) is 0 Å². The highest BCUT2D eigenvalue weighted by atomic mass is 16.4. The van der Waals surface area contributed by atoms with E-state index in [2.05, 4.69) is 29.4 Å². The summed E-state index contributed by atoms with van der Waals surface area (Å²) in [6, 6.07) is 18.9. The number of nitrogens with zero attached hydrogens (tertiary/aromatic N) is 1. The summed E-state index contributed by atoms with van der Waals surface area (Å²) < 4.78 is 5.70. The van der Waals surface area contributed by atoms with Crippen molar-refractivity contribution in [2.24, 2.45) is 0 Å². The molecule has 1 heterocycles. The third-order valence-electron chi connectivity index (χ3n) is 3.20. The molecule has 0 bridgehead atoms. The van der Waals surface area contributed by atoms with Gasteiger partial charge >= 0.3 is 0 Å². The lowest BCUT2D eigenvalue weighted by atomic mass is 10.1. The van der Waals surface area contributed by atoms with E-state index in [0.29, 0.717) is 6.01 Å². The zero-order chi connectivity index (χ0) is 13.1. The van der Waals surface area contributed by atoms with Gasteiger partial charge in [0.05, 0.1) is 6.04 Å². The molecule has 1 N–H and O–H groups in total. The van der Waals surface area contributed by atoms with E-state index in [0.717, 1.165) is 17.5 Å². The number of hydrogen-bond acceptors (Lipinski definition) is 3. The average molecular weight is 252 g/mol. The summed E-state index contributed by atoms with van der Waals surface area (Å²) in [4.78, 5) is 4.45. The number of nitrogens with one attached hydrogen (secondary N) is 1. The minimum Gasteiger partial charge on any atom is -0.424 e. The van der Waals surface area contributed by atoms with Crippen molar-refractivity contribution in [3.63, 3.8) is 0 Å². The minimum atomic E-state index is 0.217. The molecular weight excluding hydrogens is 236 g/mol. The molecule has 3 rings (SSSR count). The maximum Gasteiger partial charge on any atom is 0.296 e. The van der Waals surface area contributed by atoms with Crippen LogP contribution in [0.4, 0.5) is 6.01 Å². The first-order valence-electron chi connectivity index (χ1n) is 6.54. The molecule has 0 aliphatic heterocycles. The zero-order valence-corrected chi connectivity index (χ0v) is 10.8. The van der Waals surface area contributed by atoms with Crippen molar-refractivity contribution in [3.05, 3.63) is 60.2 Å². The van der Waals surface area contributed by atoms with Crippen molar-refractivity contribution < 1.29 is 4.42 Å². The monoisotopic (exact) mass is 252 g/mol. The van der Waals surface area contributed by atoms with Crippen LogP contribution in [0.15, 0.2) is 59.0 Å². The Labute approximate surface area is 112 Å². The van der Waals surface area contributed by atoms with Gasteiger partial charge in [0.2, 0.25) is 0 Å². The predicted octanol–water partition coefficient (Wildman–Crippen LogP) is 4.39. The van der Waals surface area contributed by atoms with Crippen molar-refractivity contribution in [1.82, 2.24) is 4.98 Å². The van der Waals surface area contributed by atoms with Crippen molar-refractivity contribution in [2.45, 2.75) is 19.4 Å². The Bertz CT molecular complexity index is 628. The number of anilines is 1. The molecule has 0 saturated carbocycles. The quantitative estimate of drug-likeness (QED) is 0.748. The van der Waals surface area contributed by atoms with Gasteiger partial charge in [-0.2, -0.15) is 4.98 Å². The molecule has 0 aliphatic rings. The summed E-state index contributed by atoms with van der Waals surface area (Å²) in [5, 5.41) is 3.36. The molecule has 1 aromatic heterocycles. The van der Waals surface area contributed by atoms with Crippen LogP contribution in [0.25, 0.3) is 11.1 Å². The highest BCUT2D eigenvalue weighted by molar-refractivity contribution is 5.74. The minimum absolute atomic E-state index is 0.217. The maximum atomic E-state index is 5.70. The lowest BCUT2D eigenvalue weighted by Gasteiger charge is -2.15. The SMILES string of the molecule is CCC(Nc1nc2ccccc2o1)c1ccccc1. The third kappa shape index (κ3) is 2.45. The van der Waals surface area contributed by atoms with Crippen molar-refractivity contribution >= 4 is 17.1 Å². The van der Waals surface area contributed by atoms with E-state index in [-0.39, 0.29) is 6.04 Å². The molecule has 0 radical (unpaired) electrons. The number of fused-ring (bicyclic) bond motifs is 1. The number of para-hydroxylation sites is 2. The molecule has 0 fully saturated rings. The number of benzene rings is 2. The second kappa shape index (κ2) is 5.14. The molecule has 0 saturated heterocycles. The Morgan fingerprint density at radius 3 is 2.53 bits per heavy atom. The number of rotatable bonds is 4. The fourth-order valence-electron chi connectivity index (χ4n) is 2.19. The van der Waals surface area contributed by atoms with Crippen LogP contribution >= 0.6 is 0 Å². The molecule has 96 valence electrons. The van der Waals surface area contributed by atoms with E-state index in [1.165, 1.54) is 5.56 Å². The lowest BCUT2D eigenvalue weighted by molar-refractivity contribution is 0.592. The van der Waals surface area contributed by atoms with Gasteiger partial charge in [-0.25, -0.2) is 0 Å². The first-order chi connectivity index (χ1) is 9.36. The van der Waals surface area contributed by atoms with Crippen molar-refractivity contribution in [3.8, 4) is 0 Å². The Morgan fingerprint density at radius 2 is 1.79 bits per heavy atom. The number of hydrogen-bond donors (Lipinski definition) is 1. The predicted molar refractivity (Wildman–Crippen MR) is 77.1 cm³/mol. The maximum absolute atomic E-state index is 5.70. The van der Waals surface area contributed by atoms with E-state index in [4.69, 9.17) is 4.42 Å². The standard InChI is InChI=1S/C16H16N2O/c1-2-13(12-8-4-3-5-9-12)17-16-18-14-10-6-7-11-15(14)19-16/h3-11,13H,2H2,1H3,(H,17,18). The van der Waals surface area contributed by atoms with Gasteiger partial charge in [0.15, 0.2) is 5.58 Å². The lowest BCUT2D eigenvalue weighted by Crippen LogP contribution is -2.09. The van der Waals surface area contributed by atoms with E-state index in [1.54, 1.807) is 0 Å². The molecule has 0 amide bonds. The molecule has 3 nitrogen and oxygen atoms in total. The van der Waals surface area contributed by atoms with Gasteiger partial charge in [-0.05, 0) is 24.1 Å². The van der Waals surface area contributed by atoms with Gasteiger partial charge in [-0.1, -0.05) is 49.4 Å².